The van der Waals surface area contributed by atoms with Crippen LogP contribution in [-0.4, -0.2) is 16.8 Å². The van der Waals surface area contributed by atoms with Crippen LogP contribution in [0.25, 0.3) is 0 Å². The number of hydrogen-bond donors (Lipinski definition) is 2. The van der Waals surface area contributed by atoms with Crippen LogP contribution in [0.15, 0.2) is 60.9 Å². The van der Waals surface area contributed by atoms with E-state index in [0.29, 0.717) is 5.69 Å². The molecule has 3 rings (SSSR count). The van der Waals surface area contributed by atoms with Gasteiger partial charge >= 0.3 is 0 Å². The predicted molar refractivity (Wildman–Crippen MR) is 107 cm³/mol. The molecule has 2 aromatic carbocycles. The van der Waals surface area contributed by atoms with E-state index in [-0.39, 0.29) is 22.9 Å². The monoisotopic (exact) mass is 377 g/mol. The van der Waals surface area contributed by atoms with Crippen molar-refractivity contribution in [2.45, 2.75) is 20.3 Å². The second kappa shape index (κ2) is 8.43. The van der Waals surface area contributed by atoms with Gasteiger partial charge < -0.3 is 10.6 Å². The molecule has 2 amide bonds. The Bertz CT molecular complexity index is 1020. The van der Waals surface area contributed by atoms with Crippen molar-refractivity contribution >= 4 is 23.2 Å². The normalized spacial score (nSPS) is 10.4. The molecule has 0 saturated heterocycles. The summed E-state index contributed by atoms with van der Waals surface area (Å²) in [6, 6.07) is 12.8. The zero-order chi connectivity index (χ0) is 20.1. The van der Waals surface area contributed by atoms with Gasteiger partial charge in [-0.25, -0.2) is 4.39 Å². The third kappa shape index (κ3) is 4.40. The molecule has 0 aliphatic rings. The van der Waals surface area contributed by atoms with E-state index in [4.69, 9.17) is 0 Å². The van der Waals surface area contributed by atoms with Crippen molar-refractivity contribution in [3.8, 4) is 0 Å². The second-order valence-corrected chi connectivity index (χ2v) is 6.34. The largest absolute Gasteiger partial charge is 0.322 e. The summed E-state index contributed by atoms with van der Waals surface area (Å²) in [6.07, 6.45) is 3.57. The Hall–Kier alpha value is -3.54. The van der Waals surface area contributed by atoms with Crippen LogP contribution in [0.1, 0.15) is 38.8 Å². The van der Waals surface area contributed by atoms with E-state index in [2.05, 4.69) is 15.6 Å². The fourth-order valence-electron chi connectivity index (χ4n) is 2.81. The maximum absolute atomic E-state index is 13.0. The molecule has 0 bridgehead atoms. The van der Waals surface area contributed by atoms with Crippen LogP contribution in [0.4, 0.5) is 15.8 Å². The Morgan fingerprint density at radius 3 is 2.25 bits per heavy atom. The summed E-state index contributed by atoms with van der Waals surface area (Å²) < 4.78 is 13.0. The average Bonchev–Trinajstić information content (AvgIpc) is 2.71. The van der Waals surface area contributed by atoms with E-state index < -0.39 is 5.91 Å². The molecule has 0 radical (unpaired) electrons. The summed E-state index contributed by atoms with van der Waals surface area (Å²) in [5.74, 6) is -1.16. The first-order valence-electron chi connectivity index (χ1n) is 8.89. The number of pyridine rings is 1. The van der Waals surface area contributed by atoms with E-state index in [1.54, 1.807) is 0 Å². The molecule has 0 fully saturated rings. The molecular formula is C22H20FN3O2. The molecule has 5 nitrogen and oxygen atoms in total. The van der Waals surface area contributed by atoms with Gasteiger partial charge in [0.1, 0.15) is 5.82 Å². The minimum absolute atomic E-state index is 0.234. The Morgan fingerprint density at radius 2 is 1.61 bits per heavy atom. The molecule has 0 aliphatic carbocycles. The van der Waals surface area contributed by atoms with Crippen LogP contribution in [0, 0.1) is 12.7 Å². The minimum atomic E-state index is -0.432. The highest BCUT2D eigenvalue weighted by Crippen LogP contribution is 2.22. The minimum Gasteiger partial charge on any atom is -0.322 e. The number of aryl methyl sites for hydroxylation is 2. The molecule has 1 heterocycles. The van der Waals surface area contributed by atoms with Crippen molar-refractivity contribution in [2.24, 2.45) is 0 Å². The van der Waals surface area contributed by atoms with Crippen LogP contribution < -0.4 is 10.6 Å². The summed E-state index contributed by atoms with van der Waals surface area (Å²) >= 11 is 0. The fraction of sp³-hybridized carbons (Fsp3) is 0.136. The maximum atomic E-state index is 13.0. The molecular weight excluding hydrogens is 357 g/mol. The zero-order valence-corrected chi connectivity index (χ0v) is 15.6. The topological polar surface area (TPSA) is 71.1 Å². The van der Waals surface area contributed by atoms with Crippen molar-refractivity contribution in [3.63, 3.8) is 0 Å². The van der Waals surface area contributed by atoms with Gasteiger partial charge in [0, 0.05) is 23.8 Å². The highest BCUT2D eigenvalue weighted by Gasteiger charge is 2.14. The van der Waals surface area contributed by atoms with E-state index in [9.17, 15) is 14.0 Å². The van der Waals surface area contributed by atoms with E-state index in [0.717, 1.165) is 23.2 Å². The lowest BCUT2D eigenvalue weighted by atomic mass is 10.1. The van der Waals surface area contributed by atoms with Crippen LogP contribution in [0.3, 0.4) is 0 Å². The molecule has 0 unspecified atom stereocenters. The number of nitrogens with zero attached hydrogens (tertiary/aromatic N) is 1. The van der Waals surface area contributed by atoms with Crippen molar-refractivity contribution < 1.29 is 14.0 Å². The number of benzene rings is 2. The van der Waals surface area contributed by atoms with Gasteiger partial charge in [0.15, 0.2) is 0 Å². The first-order valence-corrected chi connectivity index (χ1v) is 8.89. The maximum Gasteiger partial charge on any atom is 0.257 e. The SMILES string of the molecule is CCc1cccc(C)c1NC(=O)c1cncc(C(=O)Nc2ccc(F)cc2)c1. The number of para-hydroxylation sites is 1. The molecule has 6 heteroatoms. The lowest BCUT2D eigenvalue weighted by Crippen LogP contribution is -2.17. The number of rotatable bonds is 5. The lowest BCUT2D eigenvalue weighted by Gasteiger charge is -2.13. The van der Waals surface area contributed by atoms with Gasteiger partial charge in [-0.2, -0.15) is 0 Å². The zero-order valence-electron chi connectivity index (χ0n) is 15.6. The van der Waals surface area contributed by atoms with Gasteiger partial charge in [0.2, 0.25) is 0 Å². The predicted octanol–water partition coefficient (Wildman–Crippen LogP) is 4.60. The first-order chi connectivity index (χ1) is 13.5. The highest BCUT2D eigenvalue weighted by molar-refractivity contribution is 6.08. The number of aromatic nitrogens is 1. The Balaban J connectivity index is 1.78. The summed E-state index contributed by atoms with van der Waals surface area (Å²) in [5.41, 5.74) is 3.73. The van der Waals surface area contributed by atoms with Crippen LogP contribution in [-0.2, 0) is 6.42 Å². The molecule has 28 heavy (non-hydrogen) atoms. The quantitative estimate of drug-likeness (QED) is 0.683. The average molecular weight is 377 g/mol. The molecule has 1 aromatic heterocycles. The van der Waals surface area contributed by atoms with Crippen LogP contribution in [0.2, 0.25) is 0 Å². The summed E-state index contributed by atoms with van der Waals surface area (Å²) in [4.78, 5) is 29.1. The molecule has 3 aromatic rings. The smallest absolute Gasteiger partial charge is 0.257 e. The van der Waals surface area contributed by atoms with Gasteiger partial charge in [-0.1, -0.05) is 25.1 Å². The van der Waals surface area contributed by atoms with Crippen molar-refractivity contribution in [2.75, 3.05) is 10.6 Å². The van der Waals surface area contributed by atoms with Gasteiger partial charge in [-0.05, 0) is 54.8 Å². The van der Waals surface area contributed by atoms with Gasteiger partial charge in [0.05, 0.1) is 11.1 Å². The Labute approximate surface area is 162 Å². The number of amides is 2. The summed E-state index contributed by atoms with van der Waals surface area (Å²) in [7, 11) is 0. The lowest BCUT2D eigenvalue weighted by molar-refractivity contribution is 0.102. The van der Waals surface area contributed by atoms with Gasteiger partial charge in [0.25, 0.3) is 11.8 Å². The fourth-order valence-corrected chi connectivity index (χ4v) is 2.81. The van der Waals surface area contributed by atoms with Crippen molar-refractivity contribution in [1.82, 2.24) is 4.98 Å². The van der Waals surface area contributed by atoms with Gasteiger partial charge in [-0.15, -0.1) is 0 Å². The van der Waals surface area contributed by atoms with E-state index in [1.807, 2.05) is 32.0 Å². The molecule has 142 valence electrons. The van der Waals surface area contributed by atoms with Gasteiger partial charge in [-0.3, -0.25) is 14.6 Å². The van der Waals surface area contributed by atoms with Crippen molar-refractivity contribution in [3.05, 3.63) is 89.0 Å². The number of anilines is 2. The standard InChI is InChI=1S/C22H20FN3O2/c1-3-15-6-4-5-14(2)20(15)26-22(28)17-11-16(12-24-13-17)21(27)25-19-9-7-18(23)8-10-19/h4-13H,3H2,1-2H3,(H,25,27)(H,26,28). The second-order valence-electron chi connectivity index (χ2n) is 6.34. The Kier molecular flexibility index (Phi) is 5.79. The third-order valence-corrected chi connectivity index (χ3v) is 4.34. The first kappa shape index (κ1) is 19.2. The molecule has 0 saturated carbocycles. The third-order valence-electron chi connectivity index (χ3n) is 4.34. The number of hydrogen-bond acceptors (Lipinski definition) is 3. The molecule has 0 atom stereocenters. The van der Waals surface area contributed by atoms with E-state index in [1.165, 1.54) is 42.7 Å². The van der Waals surface area contributed by atoms with Crippen LogP contribution in [0.5, 0.6) is 0 Å². The molecule has 0 aliphatic heterocycles. The summed E-state index contributed by atoms with van der Waals surface area (Å²) in [5, 5.41) is 5.57. The van der Waals surface area contributed by atoms with Crippen LogP contribution >= 0.6 is 0 Å². The number of halogens is 1. The summed E-state index contributed by atoms with van der Waals surface area (Å²) in [6.45, 7) is 3.95. The van der Waals surface area contributed by atoms with Crippen molar-refractivity contribution in [1.29, 1.82) is 0 Å². The Morgan fingerprint density at radius 1 is 0.964 bits per heavy atom. The number of carbonyl (C=O) groups excluding carboxylic acids is 2. The molecule has 2 N–H and O–H groups in total. The number of carbonyl (C=O) groups is 2. The highest BCUT2D eigenvalue weighted by atomic mass is 19.1. The molecule has 0 spiro atoms. The van der Waals surface area contributed by atoms with E-state index >= 15 is 0 Å². The number of nitrogens with one attached hydrogen (secondary N) is 2.